The van der Waals surface area contributed by atoms with Gasteiger partial charge in [0, 0.05) is 12.1 Å². The fourth-order valence-corrected chi connectivity index (χ4v) is 5.43. The van der Waals surface area contributed by atoms with Crippen LogP contribution in [0.15, 0.2) is 54.6 Å². The van der Waals surface area contributed by atoms with Gasteiger partial charge in [0.1, 0.15) is 0 Å². The van der Waals surface area contributed by atoms with Crippen molar-refractivity contribution in [1.82, 2.24) is 4.90 Å². The number of amides is 1. The summed E-state index contributed by atoms with van der Waals surface area (Å²) in [6.45, 7) is 3.86. The molecule has 5 heteroatoms. The lowest BCUT2D eigenvalue weighted by Gasteiger charge is -2.34. The van der Waals surface area contributed by atoms with Gasteiger partial charge in [0.25, 0.3) is 0 Å². The van der Waals surface area contributed by atoms with Crippen LogP contribution in [-0.2, 0) is 11.2 Å². The summed E-state index contributed by atoms with van der Waals surface area (Å²) >= 11 is 0. The SMILES string of the molecule is N#Cc1ccc2c(C3CCN(CC[C@@H]4OCCc5cc(C(N)=O)ccc54)CC3)cccc2c1. The molecule has 3 aromatic rings. The summed E-state index contributed by atoms with van der Waals surface area (Å²) in [5.74, 6) is 0.178. The summed E-state index contributed by atoms with van der Waals surface area (Å²) in [6, 6.07) is 20.5. The average Bonchev–Trinajstić information content (AvgIpc) is 2.86. The van der Waals surface area contributed by atoms with Crippen molar-refractivity contribution in [2.75, 3.05) is 26.2 Å². The van der Waals surface area contributed by atoms with Gasteiger partial charge in [-0.2, -0.15) is 5.26 Å². The van der Waals surface area contributed by atoms with Gasteiger partial charge < -0.3 is 15.4 Å². The first-order chi connectivity index (χ1) is 16.1. The number of nitrogens with zero attached hydrogens (tertiary/aromatic N) is 2. The number of rotatable bonds is 5. The number of nitrogens with two attached hydrogens (primary N) is 1. The predicted octanol–water partition coefficient (Wildman–Crippen LogP) is 4.69. The number of piperidine rings is 1. The molecule has 2 aliphatic rings. The lowest BCUT2D eigenvalue weighted by molar-refractivity contribution is 0.0275. The van der Waals surface area contributed by atoms with Gasteiger partial charge in [-0.25, -0.2) is 0 Å². The topological polar surface area (TPSA) is 79.3 Å². The average molecular weight is 440 g/mol. The molecule has 0 radical (unpaired) electrons. The third kappa shape index (κ3) is 4.50. The second-order valence-electron chi connectivity index (χ2n) is 9.19. The summed E-state index contributed by atoms with van der Waals surface area (Å²) in [4.78, 5) is 14.0. The number of carbonyl (C=O) groups is 1. The van der Waals surface area contributed by atoms with Crippen LogP contribution in [0.5, 0.6) is 0 Å². The number of nitriles is 1. The maximum Gasteiger partial charge on any atom is 0.248 e. The largest absolute Gasteiger partial charge is 0.373 e. The van der Waals surface area contributed by atoms with Crippen LogP contribution in [0.4, 0.5) is 0 Å². The highest BCUT2D eigenvalue weighted by Gasteiger charge is 2.25. The highest BCUT2D eigenvalue weighted by molar-refractivity contribution is 5.93. The molecule has 5 rings (SSSR count). The van der Waals surface area contributed by atoms with E-state index in [-0.39, 0.29) is 12.0 Å². The number of hydrogen-bond donors (Lipinski definition) is 1. The molecule has 0 saturated carbocycles. The van der Waals surface area contributed by atoms with Crippen LogP contribution in [0.25, 0.3) is 10.8 Å². The Morgan fingerprint density at radius 2 is 1.94 bits per heavy atom. The van der Waals surface area contributed by atoms with Crippen molar-refractivity contribution in [2.45, 2.75) is 37.7 Å². The lowest BCUT2D eigenvalue weighted by atomic mass is 9.86. The van der Waals surface area contributed by atoms with E-state index in [0.717, 1.165) is 50.7 Å². The van der Waals surface area contributed by atoms with E-state index in [1.54, 1.807) is 0 Å². The van der Waals surface area contributed by atoms with Crippen LogP contribution < -0.4 is 5.73 Å². The zero-order valence-electron chi connectivity index (χ0n) is 18.8. The number of fused-ring (bicyclic) bond motifs is 2. The zero-order chi connectivity index (χ0) is 22.8. The molecule has 2 aliphatic heterocycles. The van der Waals surface area contributed by atoms with Crippen LogP contribution >= 0.6 is 0 Å². The van der Waals surface area contributed by atoms with Crippen molar-refractivity contribution in [1.29, 1.82) is 5.26 Å². The van der Waals surface area contributed by atoms with Crippen molar-refractivity contribution in [3.63, 3.8) is 0 Å². The fourth-order valence-electron chi connectivity index (χ4n) is 5.43. The van der Waals surface area contributed by atoms with Gasteiger partial charge >= 0.3 is 0 Å². The summed E-state index contributed by atoms with van der Waals surface area (Å²) < 4.78 is 6.09. The second kappa shape index (κ2) is 9.35. The van der Waals surface area contributed by atoms with Gasteiger partial charge in [0.05, 0.1) is 24.3 Å². The van der Waals surface area contributed by atoms with E-state index >= 15 is 0 Å². The highest BCUT2D eigenvalue weighted by Crippen LogP contribution is 2.35. The predicted molar refractivity (Wildman–Crippen MR) is 129 cm³/mol. The Bertz CT molecular complexity index is 1220. The smallest absolute Gasteiger partial charge is 0.248 e. The molecule has 1 saturated heterocycles. The molecule has 0 aromatic heterocycles. The first kappa shape index (κ1) is 21.6. The van der Waals surface area contributed by atoms with Crippen LogP contribution in [-0.4, -0.2) is 37.0 Å². The number of likely N-dealkylation sites (tertiary alicyclic amines) is 1. The standard InChI is InChI=1S/C28H29N3O2/c29-18-19-4-6-25-21(16-19)2-1-3-24(25)20-8-12-31(13-9-20)14-10-27-26-7-5-23(28(30)32)17-22(26)11-15-33-27/h1-7,16-17,20,27H,8-15H2,(H2,30,32)/t27-/m0/s1. The minimum Gasteiger partial charge on any atom is -0.373 e. The van der Waals surface area contributed by atoms with Gasteiger partial charge in [-0.3, -0.25) is 4.79 Å². The van der Waals surface area contributed by atoms with Crippen molar-refractivity contribution < 1.29 is 9.53 Å². The molecule has 0 spiro atoms. The van der Waals surface area contributed by atoms with Gasteiger partial charge in [-0.1, -0.05) is 30.3 Å². The van der Waals surface area contributed by atoms with Crippen molar-refractivity contribution in [2.24, 2.45) is 5.73 Å². The minimum atomic E-state index is -0.375. The van der Waals surface area contributed by atoms with E-state index in [1.165, 1.54) is 22.1 Å². The van der Waals surface area contributed by atoms with Crippen LogP contribution in [0.2, 0.25) is 0 Å². The maximum absolute atomic E-state index is 11.5. The number of hydrogen-bond acceptors (Lipinski definition) is 4. The van der Waals surface area contributed by atoms with E-state index in [2.05, 4.69) is 35.2 Å². The monoisotopic (exact) mass is 439 g/mol. The minimum absolute atomic E-state index is 0.0841. The molecule has 1 fully saturated rings. The number of primary amides is 1. The Morgan fingerprint density at radius 1 is 1.09 bits per heavy atom. The van der Waals surface area contributed by atoms with Crippen molar-refractivity contribution in [3.05, 3.63) is 82.4 Å². The molecule has 5 nitrogen and oxygen atoms in total. The highest BCUT2D eigenvalue weighted by atomic mass is 16.5. The molecule has 0 unspecified atom stereocenters. The normalized spacial score (nSPS) is 19.2. The molecule has 33 heavy (non-hydrogen) atoms. The molecule has 2 N–H and O–H groups in total. The second-order valence-corrected chi connectivity index (χ2v) is 9.19. The van der Waals surface area contributed by atoms with E-state index in [4.69, 9.17) is 10.5 Å². The van der Waals surface area contributed by atoms with E-state index in [0.29, 0.717) is 23.7 Å². The van der Waals surface area contributed by atoms with Gasteiger partial charge in [0.2, 0.25) is 5.91 Å². The Kier molecular flexibility index (Phi) is 6.13. The molecule has 1 amide bonds. The quantitative estimate of drug-likeness (QED) is 0.625. The number of benzene rings is 3. The van der Waals surface area contributed by atoms with Gasteiger partial charge in [-0.05, 0) is 96.4 Å². The first-order valence-electron chi connectivity index (χ1n) is 11.8. The Balaban J connectivity index is 1.21. The summed E-state index contributed by atoms with van der Waals surface area (Å²) in [6.07, 6.45) is 4.16. The van der Waals surface area contributed by atoms with Gasteiger partial charge in [-0.15, -0.1) is 0 Å². The lowest BCUT2D eigenvalue weighted by Crippen LogP contribution is -2.35. The first-order valence-corrected chi connectivity index (χ1v) is 11.8. The summed E-state index contributed by atoms with van der Waals surface area (Å²) in [5, 5.41) is 11.6. The number of carbonyl (C=O) groups excluding carboxylic acids is 1. The van der Waals surface area contributed by atoms with Crippen molar-refractivity contribution >= 4 is 16.7 Å². The Morgan fingerprint density at radius 3 is 2.73 bits per heavy atom. The molecule has 168 valence electrons. The molecule has 0 aliphatic carbocycles. The molecule has 0 bridgehead atoms. The van der Waals surface area contributed by atoms with Crippen LogP contribution in [0, 0.1) is 11.3 Å². The molecule has 1 atom stereocenters. The van der Waals surface area contributed by atoms with Crippen LogP contribution in [0.3, 0.4) is 0 Å². The fraction of sp³-hybridized carbons (Fsp3) is 0.357. The third-order valence-electron chi connectivity index (χ3n) is 7.24. The molecular weight excluding hydrogens is 410 g/mol. The Hall–Kier alpha value is -3.20. The maximum atomic E-state index is 11.5. The van der Waals surface area contributed by atoms with E-state index in [9.17, 15) is 10.1 Å². The van der Waals surface area contributed by atoms with Crippen molar-refractivity contribution in [3.8, 4) is 6.07 Å². The Labute approximate surface area is 194 Å². The molecule has 2 heterocycles. The van der Waals surface area contributed by atoms with Crippen LogP contribution in [0.1, 0.15) is 63.9 Å². The number of ether oxygens (including phenoxy) is 1. The zero-order valence-corrected chi connectivity index (χ0v) is 18.8. The van der Waals surface area contributed by atoms with Gasteiger partial charge in [0.15, 0.2) is 0 Å². The summed E-state index contributed by atoms with van der Waals surface area (Å²) in [7, 11) is 0. The van der Waals surface area contributed by atoms with E-state index in [1.807, 2.05) is 30.3 Å². The van der Waals surface area contributed by atoms with E-state index < -0.39 is 0 Å². The molecule has 3 aromatic carbocycles. The molecular formula is C28H29N3O2. The summed E-state index contributed by atoms with van der Waals surface area (Å²) in [5.41, 5.74) is 10.5. The third-order valence-corrected chi connectivity index (χ3v) is 7.24.